The van der Waals surface area contributed by atoms with E-state index in [1.54, 1.807) is 36.4 Å². The van der Waals surface area contributed by atoms with E-state index in [0.29, 0.717) is 9.69 Å². The van der Waals surface area contributed by atoms with Gasteiger partial charge in [0.15, 0.2) is 0 Å². The smallest absolute Gasteiger partial charge is 0.267 e. The first-order valence-electron chi connectivity index (χ1n) is 7.63. The molecule has 1 aliphatic heterocycles. The van der Waals surface area contributed by atoms with Crippen LogP contribution in [0.1, 0.15) is 26.3 Å². The van der Waals surface area contributed by atoms with Gasteiger partial charge in [0.25, 0.3) is 21.8 Å². The second-order valence-corrected chi connectivity index (χ2v) is 7.69. The zero-order valence-electron chi connectivity index (χ0n) is 13.3. The summed E-state index contributed by atoms with van der Waals surface area (Å²) in [4.78, 5) is 25.6. The zero-order valence-corrected chi connectivity index (χ0v) is 14.1. The van der Waals surface area contributed by atoms with Crippen LogP contribution in [0.25, 0.3) is 10.8 Å². The van der Waals surface area contributed by atoms with Crippen LogP contribution in [0.3, 0.4) is 0 Å². The molecule has 3 aromatic carbocycles. The van der Waals surface area contributed by atoms with Gasteiger partial charge in [-0.3, -0.25) is 9.59 Å². The largest absolute Gasteiger partial charge is 0.275 e. The van der Waals surface area contributed by atoms with Gasteiger partial charge in [0.1, 0.15) is 0 Å². The van der Waals surface area contributed by atoms with Crippen molar-refractivity contribution in [2.75, 3.05) is 0 Å². The van der Waals surface area contributed by atoms with Crippen LogP contribution in [0.4, 0.5) is 0 Å². The number of sulfonamides is 1. The van der Waals surface area contributed by atoms with Crippen LogP contribution in [0.5, 0.6) is 0 Å². The maximum absolute atomic E-state index is 12.9. The molecule has 0 saturated carbocycles. The third-order valence-electron chi connectivity index (χ3n) is 4.29. The molecule has 0 atom stereocenters. The van der Waals surface area contributed by atoms with Crippen molar-refractivity contribution in [3.63, 3.8) is 0 Å². The van der Waals surface area contributed by atoms with Gasteiger partial charge in [-0.2, -0.15) is 4.31 Å². The van der Waals surface area contributed by atoms with Gasteiger partial charge >= 0.3 is 0 Å². The number of carbonyl (C=O) groups is 2. The highest BCUT2D eigenvalue weighted by Gasteiger charge is 2.41. The second-order valence-electron chi connectivity index (χ2n) is 5.90. The Morgan fingerprint density at radius 3 is 1.80 bits per heavy atom. The second kappa shape index (κ2) is 5.26. The summed E-state index contributed by atoms with van der Waals surface area (Å²) in [6.45, 7) is 1.82. The monoisotopic (exact) mass is 351 g/mol. The number of nitrogens with zero attached hydrogens (tertiary/aromatic N) is 1. The minimum absolute atomic E-state index is 0.0913. The molecule has 0 radical (unpaired) electrons. The van der Waals surface area contributed by atoms with E-state index in [4.69, 9.17) is 0 Å². The highest BCUT2D eigenvalue weighted by atomic mass is 32.2. The van der Waals surface area contributed by atoms with Crippen molar-refractivity contribution in [2.24, 2.45) is 0 Å². The predicted molar refractivity (Wildman–Crippen MR) is 92.8 cm³/mol. The quantitative estimate of drug-likeness (QED) is 0.665. The number of carbonyl (C=O) groups excluding carboxylic acids is 2. The Morgan fingerprint density at radius 1 is 0.760 bits per heavy atom. The van der Waals surface area contributed by atoms with Gasteiger partial charge in [-0.05, 0) is 36.6 Å². The molecule has 0 spiro atoms. The summed E-state index contributed by atoms with van der Waals surface area (Å²) in [6, 6.07) is 16.0. The van der Waals surface area contributed by atoms with Crippen molar-refractivity contribution in [1.29, 1.82) is 0 Å². The maximum Gasteiger partial charge on any atom is 0.275 e. The number of aryl methyl sites for hydroxylation is 1. The van der Waals surface area contributed by atoms with Gasteiger partial charge in [-0.1, -0.05) is 42.0 Å². The minimum atomic E-state index is -4.28. The van der Waals surface area contributed by atoms with E-state index >= 15 is 0 Å². The van der Waals surface area contributed by atoms with Crippen molar-refractivity contribution in [1.82, 2.24) is 4.31 Å². The number of imide groups is 1. The molecule has 5 nitrogen and oxygen atoms in total. The molecule has 1 aliphatic rings. The van der Waals surface area contributed by atoms with Gasteiger partial charge in [0.05, 0.1) is 4.90 Å². The van der Waals surface area contributed by atoms with Crippen LogP contribution in [0, 0.1) is 6.92 Å². The van der Waals surface area contributed by atoms with Crippen LogP contribution >= 0.6 is 0 Å². The minimum Gasteiger partial charge on any atom is -0.267 e. The van der Waals surface area contributed by atoms with Gasteiger partial charge in [0, 0.05) is 16.5 Å². The average molecular weight is 351 g/mol. The van der Waals surface area contributed by atoms with Crippen LogP contribution in [0.2, 0.25) is 0 Å². The molecular weight excluding hydrogens is 338 g/mol. The molecule has 124 valence electrons. The third-order valence-corrected chi connectivity index (χ3v) is 5.97. The SMILES string of the molecule is Cc1ccc(S(=O)(=O)N2C(=O)c3cccc4cccc(c34)C2=O)cc1. The Labute approximate surface area is 144 Å². The molecule has 3 aromatic rings. The van der Waals surface area contributed by atoms with Crippen molar-refractivity contribution < 1.29 is 18.0 Å². The van der Waals surface area contributed by atoms with E-state index in [2.05, 4.69) is 0 Å². The summed E-state index contributed by atoms with van der Waals surface area (Å²) >= 11 is 0. The third kappa shape index (κ3) is 2.18. The molecule has 0 N–H and O–H groups in total. The summed E-state index contributed by atoms with van der Waals surface area (Å²) in [5.41, 5.74) is 1.30. The lowest BCUT2D eigenvalue weighted by atomic mass is 9.95. The van der Waals surface area contributed by atoms with E-state index in [0.717, 1.165) is 10.9 Å². The summed E-state index contributed by atoms with van der Waals surface area (Å²) < 4.78 is 26.2. The lowest BCUT2D eigenvalue weighted by Crippen LogP contribution is -2.44. The lowest BCUT2D eigenvalue weighted by Gasteiger charge is -2.26. The Hall–Kier alpha value is -2.99. The average Bonchev–Trinajstić information content (AvgIpc) is 2.60. The molecule has 2 amide bonds. The number of rotatable bonds is 2. The summed E-state index contributed by atoms with van der Waals surface area (Å²) in [5, 5.41) is 1.22. The predicted octanol–water partition coefficient (Wildman–Crippen LogP) is 3.13. The Kier molecular flexibility index (Phi) is 3.27. The highest BCUT2D eigenvalue weighted by Crippen LogP contribution is 2.32. The normalized spacial score (nSPS) is 14.2. The number of hydrogen-bond donors (Lipinski definition) is 0. The lowest BCUT2D eigenvalue weighted by molar-refractivity contribution is 0.0726. The maximum atomic E-state index is 12.9. The molecule has 0 aliphatic carbocycles. The summed E-state index contributed by atoms with van der Waals surface area (Å²) in [6.07, 6.45) is 0. The van der Waals surface area contributed by atoms with Gasteiger partial charge < -0.3 is 0 Å². The fourth-order valence-electron chi connectivity index (χ4n) is 3.04. The van der Waals surface area contributed by atoms with E-state index in [-0.39, 0.29) is 16.0 Å². The molecule has 6 heteroatoms. The van der Waals surface area contributed by atoms with Crippen molar-refractivity contribution in [3.05, 3.63) is 77.4 Å². The van der Waals surface area contributed by atoms with Crippen molar-refractivity contribution >= 4 is 32.6 Å². The fourth-order valence-corrected chi connectivity index (χ4v) is 4.37. The molecule has 0 aromatic heterocycles. The Balaban J connectivity index is 1.95. The Morgan fingerprint density at radius 2 is 1.28 bits per heavy atom. The first-order chi connectivity index (χ1) is 11.9. The van der Waals surface area contributed by atoms with Crippen LogP contribution in [-0.4, -0.2) is 24.5 Å². The molecule has 1 heterocycles. The summed E-state index contributed by atoms with van der Waals surface area (Å²) in [5.74, 6) is -1.65. The topological polar surface area (TPSA) is 71.5 Å². The van der Waals surface area contributed by atoms with Gasteiger partial charge in [-0.25, -0.2) is 8.42 Å². The zero-order chi connectivity index (χ0) is 17.8. The highest BCUT2D eigenvalue weighted by molar-refractivity contribution is 7.90. The molecule has 0 bridgehead atoms. The number of amides is 2. The Bertz CT molecular complexity index is 1100. The molecule has 25 heavy (non-hydrogen) atoms. The van der Waals surface area contributed by atoms with Gasteiger partial charge in [-0.15, -0.1) is 0 Å². The molecule has 0 fully saturated rings. The summed E-state index contributed by atoms with van der Waals surface area (Å²) in [7, 11) is -4.28. The molecule has 0 unspecified atom stereocenters. The van der Waals surface area contributed by atoms with Crippen molar-refractivity contribution in [2.45, 2.75) is 11.8 Å². The fraction of sp³-hybridized carbons (Fsp3) is 0.0526. The molecule has 4 rings (SSSR count). The van der Waals surface area contributed by atoms with E-state index in [1.807, 2.05) is 6.92 Å². The van der Waals surface area contributed by atoms with E-state index < -0.39 is 21.8 Å². The van der Waals surface area contributed by atoms with Gasteiger partial charge in [0.2, 0.25) is 0 Å². The van der Waals surface area contributed by atoms with Crippen LogP contribution in [-0.2, 0) is 10.0 Å². The first kappa shape index (κ1) is 15.5. The van der Waals surface area contributed by atoms with Crippen LogP contribution in [0.15, 0.2) is 65.6 Å². The standard InChI is InChI=1S/C19H13NO4S/c1-12-8-10-14(11-9-12)25(23,24)20-18(21)15-6-2-4-13-5-3-7-16(17(13)15)19(20)22/h2-11H,1H3. The first-order valence-corrected chi connectivity index (χ1v) is 9.07. The molecular formula is C19H13NO4S. The van der Waals surface area contributed by atoms with E-state index in [9.17, 15) is 18.0 Å². The number of benzene rings is 3. The molecule has 0 saturated heterocycles. The van der Waals surface area contributed by atoms with Crippen LogP contribution < -0.4 is 0 Å². The number of hydrogen-bond acceptors (Lipinski definition) is 4. The van der Waals surface area contributed by atoms with Crippen molar-refractivity contribution in [3.8, 4) is 0 Å². The van der Waals surface area contributed by atoms with E-state index in [1.165, 1.54) is 24.3 Å².